The average Bonchev–Trinajstić information content (AvgIpc) is 2.57. The minimum absolute atomic E-state index is 0.0701. The predicted octanol–water partition coefficient (Wildman–Crippen LogP) is 1.93. The molecule has 1 aromatic rings. The fraction of sp³-hybridized carbons (Fsp3) is 0.333. The van der Waals surface area contributed by atoms with Gasteiger partial charge in [-0.15, -0.1) is 0 Å². The first kappa shape index (κ1) is 9.28. The molecule has 1 atom stereocenters. The Balaban J connectivity index is 2.55. The zero-order valence-corrected chi connectivity index (χ0v) is 8.03. The summed E-state index contributed by atoms with van der Waals surface area (Å²) in [4.78, 5) is 0. The smallest absolute Gasteiger partial charge is 0.0979 e. The molecule has 0 fully saturated rings. The third-order valence-corrected chi connectivity index (χ3v) is 3.18. The normalized spacial score (nSPS) is 24.6. The molecule has 2 nitrogen and oxygen atoms in total. The maximum absolute atomic E-state index is 9.59. The Labute approximate surface area is 83.5 Å². The molecule has 0 amide bonds. The molecule has 0 heterocycles. The van der Waals surface area contributed by atoms with E-state index in [0.29, 0.717) is 0 Å². The highest BCUT2D eigenvalue weighted by molar-refractivity contribution is 5.44. The van der Waals surface area contributed by atoms with Crippen molar-refractivity contribution in [2.24, 2.45) is 0 Å². The molecule has 1 aliphatic rings. The van der Waals surface area contributed by atoms with Crippen molar-refractivity contribution in [1.29, 1.82) is 0 Å². The van der Waals surface area contributed by atoms with E-state index in [2.05, 4.69) is 6.58 Å². The Morgan fingerprint density at radius 1 is 1.43 bits per heavy atom. The number of aliphatic hydroxyl groups excluding tert-OH is 2. The zero-order valence-electron chi connectivity index (χ0n) is 8.03. The van der Waals surface area contributed by atoms with Crippen LogP contribution in [0.5, 0.6) is 0 Å². The van der Waals surface area contributed by atoms with Crippen molar-refractivity contribution in [2.75, 3.05) is 6.61 Å². The first-order valence-corrected chi connectivity index (χ1v) is 4.78. The van der Waals surface area contributed by atoms with Gasteiger partial charge in [-0.2, -0.15) is 0 Å². The van der Waals surface area contributed by atoms with Crippen LogP contribution in [0.2, 0.25) is 0 Å². The molecule has 2 heteroatoms. The van der Waals surface area contributed by atoms with Gasteiger partial charge in [0.15, 0.2) is 0 Å². The Morgan fingerprint density at radius 2 is 2.14 bits per heavy atom. The van der Waals surface area contributed by atoms with Gasteiger partial charge in [-0.1, -0.05) is 30.8 Å². The van der Waals surface area contributed by atoms with E-state index in [9.17, 15) is 10.2 Å². The van der Waals surface area contributed by atoms with Gasteiger partial charge >= 0.3 is 0 Å². The molecule has 1 aromatic carbocycles. The molecule has 0 aliphatic heterocycles. The number of aliphatic hydroxyl groups is 2. The molecule has 14 heavy (non-hydrogen) atoms. The van der Waals surface area contributed by atoms with E-state index in [0.717, 1.165) is 18.4 Å². The molecule has 1 aliphatic carbocycles. The van der Waals surface area contributed by atoms with Crippen LogP contribution in [0.1, 0.15) is 17.5 Å². The van der Waals surface area contributed by atoms with Gasteiger partial charge in [0.2, 0.25) is 0 Å². The summed E-state index contributed by atoms with van der Waals surface area (Å²) in [6, 6.07) is 7.90. The summed E-state index contributed by atoms with van der Waals surface area (Å²) in [6.45, 7) is 3.50. The van der Waals surface area contributed by atoms with Crippen LogP contribution >= 0.6 is 0 Å². The van der Waals surface area contributed by atoms with Crippen molar-refractivity contribution < 1.29 is 10.2 Å². The highest BCUT2D eigenvalue weighted by Crippen LogP contribution is 2.42. The van der Waals surface area contributed by atoms with E-state index in [4.69, 9.17) is 0 Å². The monoisotopic (exact) mass is 190 g/mol. The predicted molar refractivity (Wildman–Crippen MR) is 55.3 cm³/mol. The van der Waals surface area contributed by atoms with E-state index in [1.165, 1.54) is 5.56 Å². The fourth-order valence-electron chi connectivity index (χ4n) is 2.24. The van der Waals surface area contributed by atoms with E-state index < -0.39 is 5.41 Å². The van der Waals surface area contributed by atoms with E-state index in [1.54, 1.807) is 0 Å². The Bertz CT molecular complexity index is 370. The number of rotatable bonds is 2. The number of hydrogen-bond donors (Lipinski definition) is 2. The van der Waals surface area contributed by atoms with Gasteiger partial charge in [0.05, 0.1) is 17.8 Å². The second-order valence-corrected chi connectivity index (χ2v) is 3.84. The van der Waals surface area contributed by atoms with Gasteiger partial charge in [-0.05, 0) is 24.0 Å². The second kappa shape index (κ2) is 3.14. The lowest BCUT2D eigenvalue weighted by Crippen LogP contribution is -2.29. The average molecular weight is 190 g/mol. The van der Waals surface area contributed by atoms with E-state index >= 15 is 0 Å². The maximum Gasteiger partial charge on any atom is 0.0979 e. The summed E-state index contributed by atoms with van der Waals surface area (Å²) in [7, 11) is 0. The van der Waals surface area contributed by atoms with Crippen LogP contribution in [0.15, 0.2) is 36.6 Å². The van der Waals surface area contributed by atoms with Crippen LogP contribution in [0.25, 0.3) is 0 Å². The number of aryl methyl sites for hydroxylation is 1. The van der Waals surface area contributed by atoms with E-state index in [-0.39, 0.29) is 12.4 Å². The lowest BCUT2D eigenvalue weighted by Gasteiger charge is -2.26. The van der Waals surface area contributed by atoms with Crippen molar-refractivity contribution in [3.63, 3.8) is 0 Å². The maximum atomic E-state index is 9.59. The molecule has 0 spiro atoms. The van der Waals surface area contributed by atoms with Gasteiger partial charge in [0.1, 0.15) is 0 Å². The molecule has 2 N–H and O–H groups in total. The molecule has 2 rings (SSSR count). The van der Waals surface area contributed by atoms with Gasteiger partial charge < -0.3 is 10.2 Å². The quantitative estimate of drug-likeness (QED) is 0.699. The van der Waals surface area contributed by atoms with Crippen molar-refractivity contribution in [3.05, 3.63) is 47.7 Å². The van der Waals surface area contributed by atoms with E-state index in [1.807, 2.05) is 24.3 Å². The molecular weight excluding hydrogens is 176 g/mol. The highest BCUT2D eigenvalue weighted by Gasteiger charge is 2.40. The number of hydrogen-bond acceptors (Lipinski definition) is 2. The van der Waals surface area contributed by atoms with Crippen LogP contribution in [-0.2, 0) is 11.8 Å². The molecule has 0 aromatic heterocycles. The third-order valence-electron chi connectivity index (χ3n) is 3.18. The molecule has 0 radical (unpaired) electrons. The Hall–Kier alpha value is -1.28. The lowest BCUT2D eigenvalue weighted by atomic mass is 9.81. The van der Waals surface area contributed by atoms with Crippen LogP contribution < -0.4 is 0 Å². The van der Waals surface area contributed by atoms with Crippen molar-refractivity contribution in [3.8, 4) is 0 Å². The Morgan fingerprint density at radius 3 is 2.79 bits per heavy atom. The van der Waals surface area contributed by atoms with Gasteiger partial charge in [0, 0.05) is 0 Å². The summed E-state index contributed by atoms with van der Waals surface area (Å²) in [6.07, 6.45) is 1.65. The summed E-state index contributed by atoms with van der Waals surface area (Å²) < 4.78 is 0. The molecule has 1 unspecified atom stereocenters. The molecule has 0 bridgehead atoms. The number of benzene rings is 1. The minimum Gasteiger partial charge on any atom is -0.512 e. The number of fused-ring (bicyclic) bond motifs is 1. The van der Waals surface area contributed by atoms with Gasteiger partial charge in [-0.25, -0.2) is 0 Å². The first-order chi connectivity index (χ1) is 6.70. The minimum atomic E-state index is -0.614. The largest absolute Gasteiger partial charge is 0.512 e. The van der Waals surface area contributed by atoms with Crippen LogP contribution in [0.4, 0.5) is 0 Å². The second-order valence-electron chi connectivity index (χ2n) is 3.84. The van der Waals surface area contributed by atoms with Gasteiger partial charge in [-0.3, -0.25) is 0 Å². The van der Waals surface area contributed by atoms with Gasteiger partial charge in [0.25, 0.3) is 0 Å². The first-order valence-electron chi connectivity index (χ1n) is 4.78. The molecule has 0 saturated carbocycles. The molecule has 74 valence electrons. The van der Waals surface area contributed by atoms with Crippen LogP contribution in [0.3, 0.4) is 0 Å². The summed E-state index contributed by atoms with van der Waals surface area (Å²) in [5, 5.41) is 19.0. The summed E-state index contributed by atoms with van der Waals surface area (Å²) in [5.41, 5.74) is 1.61. The van der Waals surface area contributed by atoms with Crippen molar-refractivity contribution >= 4 is 0 Å². The lowest BCUT2D eigenvalue weighted by molar-refractivity contribution is 0.172. The Kier molecular flexibility index (Phi) is 2.08. The fourth-order valence-corrected chi connectivity index (χ4v) is 2.24. The zero-order chi connectivity index (χ0) is 10.2. The standard InChI is InChI=1S/C12H14O2/c1-9(14)12(8-13)7-6-10-4-2-3-5-11(10)12/h2-5,13-14H,1,6-8H2. The van der Waals surface area contributed by atoms with Crippen LogP contribution in [-0.4, -0.2) is 16.8 Å². The molecular formula is C12H14O2. The summed E-state index contributed by atoms with van der Waals surface area (Å²) >= 11 is 0. The molecule has 0 saturated heterocycles. The van der Waals surface area contributed by atoms with Crippen molar-refractivity contribution in [1.82, 2.24) is 0 Å². The highest BCUT2D eigenvalue weighted by atomic mass is 16.3. The topological polar surface area (TPSA) is 40.5 Å². The summed E-state index contributed by atoms with van der Waals surface area (Å²) in [5.74, 6) is 0.0740. The van der Waals surface area contributed by atoms with Crippen LogP contribution in [0, 0.1) is 0 Å². The third kappa shape index (κ3) is 1.07. The SMILES string of the molecule is C=C(O)C1(CO)CCc2ccccc21. The van der Waals surface area contributed by atoms with Crippen molar-refractivity contribution in [2.45, 2.75) is 18.3 Å².